The zero-order chi connectivity index (χ0) is 14.1. The molecule has 1 atom stereocenters. The lowest BCUT2D eigenvalue weighted by Gasteiger charge is -2.21. The van der Waals surface area contributed by atoms with Gasteiger partial charge in [0.05, 0.1) is 24.1 Å². The van der Waals surface area contributed by atoms with Gasteiger partial charge in [0.2, 0.25) is 0 Å². The molecule has 0 aliphatic carbocycles. The molecular formula is C14H16ClN3O2. The second-order valence-electron chi connectivity index (χ2n) is 5.12. The van der Waals surface area contributed by atoms with Crippen LogP contribution in [0.4, 0.5) is 0 Å². The molecule has 1 aliphatic rings. The number of rotatable bonds is 3. The highest BCUT2D eigenvalue weighted by molar-refractivity contribution is 6.31. The molecule has 1 aliphatic heterocycles. The molecule has 1 aromatic carbocycles. The molecule has 1 aromatic heterocycles. The van der Waals surface area contributed by atoms with Crippen molar-refractivity contribution in [3.63, 3.8) is 0 Å². The third-order valence-electron chi connectivity index (χ3n) is 3.78. The maximum atomic E-state index is 12.1. The Kier molecular flexibility index (Phi) is 3.74. The van der Waals surface area contributed by atoms with Crippen molar-refractivity contribution in [3.8, 4) is 0 Å². The van der Waals surface area contributed by atoms with Crippen molar-refractivity contribution in [2.24, 2.45) is 0 Å². The average Bonchev–Trinajstić information content (AvgIpc) is 2.87. The number of nitrogens with one attached hydrogen (secondary N) is 1. The molecule has 2 aromatic rings. The molecule has 20 heavy (non-hydrogen) atoms. The number of halogens is 1. The molecule has 5 nitrogen and oxygen atoms in total. The highest BCUT2D eigenvalue weighted by Crippen LogP contribution is 2.19. The maximum absolute atomic E-state index is 12.1. The monoisotopic (exact) mass is 293 g/mol. The molecule has 0 spiro atoms. The van der Waals surface area contributed by atoms with Crippen molar-refractivity contribution in [1.29, 1.82) is 0 Å². The molecule has 3 rings (SSSR count). The minimum Gasteiger partial charge on any atom is -0.395 e. The van der Waals surface area contributed by atoms with Crippen molar-refractivity contribution in [2.45, 2.75) is 25.4 Å². The molecule has 2 N–H and O–H groups in total. The Labute approximate surface area is 121 Å². The number of nitrogens with zero attached hydrogens (tertiary/aromatic N) is 2. The first kappa shape index (κ1) is 13.5. The van der Waals surface area contributed by atoms with Crippen molar-refractivity contribution >= 4 is 22.5 Å². The molecule has 1 fully saturated rings. The lowest BCUT2D eigenvalue weighted by Crippen LogP contribution is -2.33. The van der Waals surface area contributed by atoms with Crippen LogP contribution in [0.15, 0.2) is 23.0 Å². The molecule has 0 amide bonds. The summed E-state index contributed by atoms with van der Waals surface area (Å²) in [7, 11) is 0. The first-order valence-corrected chi connectivity index (χ1v) is 7.08. The highest BCUT2D eigenvalue weighted by atomic mass is 35.5. The number of fused-ring (bicyclic) bond motifs is 1. The van der Waals surface area contributed by atoms with Gasteiger partial charge in [-0.05, 0) is 37.6 Å². The molecule has 0 bridgehead atoms. The molecule has 6 heteroatoms. The van der Waals surface area contributed by atoms with Crippen LogP contribution >= 0.6 is 11.6 Å². The Morgan fingerprint density at radius 3 is 3.15 bits per heavy atom. The van der Waals surface area contributed by atoms with Crippen LogP contribution in [0.2, 0.25) is 5.02 Å². The van der Waals surface area contributed by atoms with E-state index in [2.05, 4.69) is 14.9 Å². The number of H-pyrrole nitrogens is 1. The van der Waals surface area contributed by atoms with Gasteiger partial charge >= 0.3 is 0 Å². The Morgan fingerprint density at radius 1 is 1.50 bits per heavy atom. The molecule has 0 saturated carbocycles. The molecular weight excluding hydrogens is 278 g/mol. The molecule has 1 saturated heterocycles. The Bertz CT molecular complexity index is 686. The van der Waals surface area contributed by atoms with Gasteiger partial charge in [-0.1, -0.05) is 11.6 Å². The van der Waals surface area contributed by atoms with Crippen LogP contribution in [0.3, 0.4) is 0 Å². The van der Waals surface area contributed by atoms with Gasteiger partial charge in [-0.3, -0.25) is 9.69 Å². The number of benzene rings is 1. The van der Waals surface area contributed by atoms with E-state index in [1.54, 1.807) is 18.2 Å². The fraction of sp³-hybridized carbons (Fsp3) is 0.429. The first-order valence-electron chi connectivity index (χ1n) is 6.71. The predicted octanol–water partition coefficient (Wildman–Crippen LogP) is 1.53. The van der Waals surface area contributed by atoms with Crippen LogP contribution in [-0.2, 0) is 6.54 Å². The van der Waals surface area contributed by atoms with E-state index < -0.39 is 0 Å². The number of aliphatic hydroxyl groups excluding tert-OH is 1. The minimum atomic E-state index is -0.174. The van der Waals surface area contributed by atoms with Crippen molar-refractivity contribution in [2.75, 3.05) is 13.2 Å². The van der Waals surface area contributed by atoms with Gasteiger partial charge in [0, 0.05) is 11.1 Å². The van der Waals surface area contributed by atoms with Gasteiger partial charge in [0.15, 0.2) is 0 Å². The average molecular weight is 294 g/mol. The highest BCUT2D eigenvalue weighted by Gasteiger charge is 2.24. The van der Waals surface area contributed by atoms with E-state index in [-0.39, 0.29) is 18.2 Å². The van der Waals surface area contributed by atoms with Crippen molar-refractivity contribution in [1.82, 2.24) is 14.9 Å². The topological polar surface area (TPSA) is 69.2 Å². The molecule has 106 valence electrons. The Balaban J connectivity index is 1.93. The number of aliphatic hydroxyl groups is 1. The summed E-state index contributed by atoms with van der Waals surface area (Å²) in [6.07, 6.45) is 2.06. The first-order chi connectivity index (χ1) is 9.67. The summed E-state index contributed by atoms with van der Waals surface area (Å²) in [5.41, 5.74) is 0.472. The fourth-order valence-corrected chi connectivity index (χ4v) is 2.91. The van der Waals surface area contributed by atoms with Gasteiger partial charge in [-0.25, -0.2) is 4.98 Å². The number of hydrogen-bond donors (Lipinski definition) is 2. The van der Waals surface area contributed by atoms with Crippen LogP contribution < -0.4 is 5.56 Å². The van der Waals surface area contributed by atoms with E-state index in [9.17, 15) is 9.90 Å². The Morgan fingerprint density at radius 2 is 2.35 bits per heavy atom. The third kappa shape index (κ3) is 2.57. The summed E-state index contributed by atoms with van der Waals surface area (Å²) >= 11 is 5.89. The largest absolute Gasteiger partial charge is 0.395 e. The predicted molar refractivity (Wildman–Crippen MR) is 77.9 cm³/mol. The van der Waals surface area contributed by atoms with E-state index in [4.69, 9.17) is 11.6 Å². The van der Waals surface area contributed by atoms with E-state index in [0.29, 0.717) is 28.3 Å². The quantitative estimate of drug-likeness (QED) is 0.900. The van der Waals surface area contributed by atoms with E-state index in [1.807, 2.05) is 0 Å². The van der Waals surface area contributed by atoms with Crippen molar-refractivity contribution < 1.29 is 5.11 Å². The number of aromatic nitrogens is 2. The van der Waals surface area contributed by atoms with Gasteiger partial charge in [-0.2, -0.15) is 0 Å². The van der Waals surface area contributed by atoms with Crippen LogP contribution in [0.1, 0.15) is 18.7 Å². The second-order valence-corrected chi connectivity index (χ2v) is 5.56. The lowest BCUT2D eigenvalue weighted by molar-refractivity contribution is 0.151. The number of hydrogen-bond acceptors (Lipinski definition) is 4. The van der Waals surface area contributed by atoms with Crippen LogP contribution in [0, 0.1) is 0 Å². The smallest absolute Gasteiger partial charge is 0.258 e. The summed E-state index contributed by atoms with van der Waals surface area (Å²) in [4.78, 5) is 21.5. The van der Waals surface area contributed by atoms with E-state index >= 15 is 0 Å². The third-order valence-corrected chi connectivity index (χ3v) is 4.01. The van der Waals surface area contributed by atoms with Crippen LogP contribution in [-0.4, -0.2) is 39.2 Å². The van der Waals surface area contributed by atoms with Gasteiger partial charge in [0.25, 0.3) is 5.56 Å². The summed E-state index contributed by atoms with van der Waals surface area (Å²) in [6, 6.07) is 5.27. The maximum Gasteiger partial charge on any atom is 0.258 e. The standard InChI is InChI=1S/C14H16ClN3O2/c15-9-3-4-12-11(6-9)14(20)17-13(16-12)7-18-5-1-2-10(18)8-19/h3-4,6,10,19H,1-2,5,7-8H2,(H,16,17,20). The SMILES string of the molecule is O=c1[nH]c(CN2CCCC2CO)nc2ccc(Cl)cc12. The van der Waals surface area contributed by atoms with Crippen LogP contribution in [0.5, 0.6) is 0 Å². The van der Waals surface area contributed by atoms with Gasteiger partial charge in [-0.15, -0.1) is 0 Å². The summed E-state index contributed by atoms with van der Waals surface area (Å²) in [6.45, 7) is 1.63. The molecule has 0 radical (unpaired) electrons. The number of likely N-dealkylation sites (tertiary alicyclic amines) is 1. The second kappa shape index (κ2) is 5.52. The molecule has 2 heterocycles. The van der Waals surface area contributed by atoms with E-state index in [1.165, 1.54) is 0 Å². The zero-order valence-corrected chi connectivity index (χ0v) is 11.7. The number of aromatic amines is 1. The van der Waals surface area contributed by atoms with Crippen LogP contribution in [0.25, 0.3) is 10.9 Å². The van der Waals surface area contributed by atoms with Gasteiger partial charge < -0.3 is 10.1 Å². The minimum absolute atomic E-state index is 0.146. The normalized spacial score (nSPS) is 19.8. The summed E-state index contributed by atoms with van der Waals surface area (Å²) in [5.74, 6) is 0.630. The fourth-order valence-electron chi connectivity index (χ4n) is 2.74. The summed E-state index contributed by atoms with van der Waals surface area (Å²) < 4.78 is 0. The summed E-state index contributed by atoms with van der Waals surface area (Å²) in [5, 5.41) is 10.3. The lowest BCUT2D eigenvalue weighted by atomic mass is 10.2. The van der Waals surface area contributed by atoms with E-state index in [0.717, 1.165) is 19.4 Å². The zero-order valence-electron chi connectivity index (χ0n) is 11.0. The Hall–Kier alpha value is -1.43. The molecule has 1 unspecified atom stereocenters. The van der Waals surface area contributed by atoms with Crippen molar-refractivity contribution in [3.05, 3.63) is 39.4 Å². The van der Waals surface area contributed by atoms with Gasteiger partial charge in [0.1, 0.15) is 5.82 Å².